The summed E-state index contributed by atoms with van der Waals surface area (Å²) in [5.41, 5.74) is 6.79. The maximum Gasteiger partial charge on any atom is 0.417 e. The standard InChI is InChI=1S/C14H10F3N3/c15-14(16,17)10-6-7-11-19-12(13(18)20(11)8-10)9-4-2-1-3-5-9/h1-8H,18H2. The molecule has 6 heteroatoms. The average Bonchev–Trinajstić information content (AvgIpc) is 2.76. The van der Waals surface area contributed by atoms with E-state index in [0.29, 0.717) is 11.3 Å². The number of anilines is 1. The Bertz CT molecular complexity index is 760. The summed E-state index contributed by atoms with van der Waals surface area (Å²) in [6, 6.07) is 11.4. The summed E-state index contributed by atoms with van der Waals surface area (Å²) in [4.78, 5) is 4.28. The Balaban J connectivity index is 2.21. The van der Waals surface area contributed by atoms with Gasteiger partial charge in [0.25, 0.3) is 0 Å². The Morgan fingerprint density at radius 2 is 1.70 bits per heavy atom. The van der Waals surface area contributed by atoms with Crippen molar-refractivity contribution in [3.05, 3.63) is 54.2 Å². The first-order valence-corrected chi connectivity index (χ1v) is 5.87. The number of alkyl halides is 3. The van der Waals surface area contributed by atoms with Crippen molar-refractivity contribution in [1.29, 1.82) is 0 Å². The monoisotopic (exact) mass is 277 g/mol. The Morgan fingerprint density at radius 1 is 1.00 bits per heavy atom. The molecule has 2 N–H and O–H groups in total. The molecule has 0 aliphatic heterocycles. The molecule has 0 radical (unpaired) electrons. The molecule has 20 heavy (non-hydrogen) atoms. The van der Waals surface area contributed by atoms with E-state index in [1.807, 2.05) is 30.3 Å². The van der Waals surface area contributed by atoms with Gasteiger partial charge in [-0.25, -0.2) is 4.98 Å². The first-order chi connectivity index (χ1) is 9.47. The van der Waals surface area contributed by atoms with Gasteiger partial charge in [-0.3, -0.25) is 4.40 Å². The molecule has 0 atom stereocenters. The number of fused-ring (bicyclic) bond motifs is 1. The molecule has 0 aliphatic rings. The number of rotatable bonds is 1. The summed E-state index contributed by atoms with van der Waals surface area (Å²) in [5.74, 6) is 0.192. The first kappa shape index (κ1) is 12.5. The highest BCUT2D eigenvalue weighted by Gasteiger charge is 2.31. The predicted molar refractivity (Wildman–Crippen MR) is 70.0 cm³/mol. The minimum atomic E-state index is -4.40. The van der Waals surface area contributed by atoms with E-state index < -0.39 is 11.7 Å². The first-order valence-electron chi connectivity index (χ1n) is 5.87. The summed E-state index contributed by atoms with van der Waals surface area (Å²) in [6.45, 7) is 0. The molecule has 3 aromatic rings. The van der Waals surface area contributed by atoms with E-state index in [0.717, 1.165) is 17.8 Å². The molecule has 0 spiro atoms. The average molecular weight is 277 g/mol. The third kappa shape index (κ3) is 1.99. The quantitative estimate of drug-likeness (QED) is 0.738. The molecule has 0 bridgehead atoms. The minimum Gasteiger partial charge on any atom is -0.383 e. The molecule has 1 aromatic carbocycles. The fraction of sp³-hybridized carbons (Fsp3) is 0.0714. The minimum absolute atomic E-state index is 0.192. The smallest absolute Gasteiger partial charge is 0.383 e. The molecule has 3 nitrogen and oxygen atoms in total. The highest BCUT2D eigenvalue weighted by Crippen LogP contribution is 2.32. The van der Waals surface area contributed by atoms with Gasteiger partial charge in [0.2, 0.25) is 0 Å². The van der Waals surface area contributed by atoms with Gasteiger partial charge >= 0.3 is 6.18 Å². The zero-order valence-electron chi connectivity index (χ0n) is 10.2. The second kappa shape index (κ2) is 4.26. The zero-order chi connectivity index (χ0) is 14.3. The van der Waals surface area contributed by atoms with Crippen LogP contribution in [0.5, 0.6) is 0 Å². The lowest BCUT2D eigenvalue weighted by molar-refractivity contribution is -0.137. The largest absolute Gasteiger partial charge is 0.417 e. The van der Waals surface area contributed by atoms with Crippen molar-refractivity contribution >= 4 is 11.5 Å². The van der Waals surface area contributed by atoms with E-state index in [1.165, 1.54) is 10.5 Å². The number of pyridine rings is 1. The van der Waals surface area contributed by atoms with Crippen LogP contribution in [0.4, 0.5) is 19.0 Å². The zero-order valence-corrected chi connectivity index (χ0v) is 10.2. The number of nitrogens with zero attached hydrogens (tertiary/aromatic N) is 2. The Kier molecular flexibility index (Phi) is 2.67. The predicted octanol–water partition coefficient (Wildman–Crippen LogP) is 3.60. The summed E-state index contributed by atoms with van der Waals surface area (Å²) < 4.78 is 39.4. The van der Waals surface area contributed by atoms with E-state index in [-0.39, 0.29) is 5.82 Å². The van der Waals surface area contributed by atoms with Crippen molar-refractivity contribution in [3.63, 3.8) is 0 Å². The van der Waals surface area contributed by atoms with Gasteiger partial charge in [0.15, 0.2) is 0 Å². The third-order valence-electron chi connectivity index (χ3n) is 3.03. The number of benzene rings is 1. The van der Waals surface area contributed by atoms with Crippen LogP contribution in [-0.2, 0) is 6.18 Å². The van der Waals surface area contributed by atoms with E-state index in [4.69, 9.17) is 5.73 Å². The summed E-state index contributed by atoms with van der Waals surface area (Å²) in [7, 11) is 0. The number of hydrogen-bond donors (Lipinski definition) is 1. The van der Waals surface area contributed by atoms with E-state index in [1.54, 1.807) is 0 Å². The SMILES string of the molecule is Nc1c(-c2ccccc2)nc2ccc(C(F)(F)F)cn12. The van der Waals surface area contributed by atoms with Crippen molar-refractivity contribution in [3.8, 4) is 11.3 Å². The summed E-state index contributed by atoms with van der Waals surface area (Å²) >= 11 is 0. The van der Waals surface area contributed by atoms with Gasteiger partial charge in [-0.1, -0.05) is 30.3 Å². The topological polar surface area (TPSA) is 43.3 Å². The van der Waals surface area contributed by atoms with E-state index in [2.05, 4.69) is 4.98 Å². The summed E-state index contributed by atoms with van der Waals surface area (Å²) in [6.07, 6.45) is -3.44. The van der Waals surface area contributed by atoms with Gasteiger partial charge in [0.1, 0.15) is 17.2 Å². The molecule has 3 rings (SSSR count). The van der Waals surface area contributed by atoms with Crippen LogP contribution in [-0.4, -0.2) is 9.38 Å². The molecule has 0 fully saturated rings. The molecule has 102 valence electrons. The van der Waals surface area contributed by atoms with Crippen LogP contribution < -0.4 is 5.73 Å². The van der Waals surface area contributed by atoms with Crippen LogP contribution in [0.15, 0.2) is 48.7 Å². The molecule has 0 saturated carbocycles. The lowest BCUT2D eigenvalue weighted by Gasteiger charge is -2.07. The van der Waals surface area contributed by atoms with Gasteiger partial charge < -0.3 is 5.73 Å². The second-order valence-corrected chi connectivity index (χ2v) is 4.36. The molecule has 2 aromatic heterocycles. The third-order valence-corrected chi connectivity index (χ3v) is 3.03. The van der Waals surface area contributed by atoms with Crippen LogP contribution in [0, 0.1) is 0 Å². The van der Waals surface area contributed by atoms with Crippen LogP contribution in [0.3, 0.4) is 0 Å². The van der Waals surface area contributed by atoms with Crippen LogP contribution >= 0.6 is 0 Å². The molecular formula is C14H10F3N3. The lowest BCUT2D eigenvalue weighted by Crippen LogP contribution is -2.06. The Hall–Kier alpha value is -2.50. The number of aromatic nitrogens is 2. The Morgan fingerprint density at radius 3 is 2.35 bits per heavy atom. The fourth-order valence-electron chi connectivity index (χ4n) is 2.04. The van der Waals surface area contributed by atoms with E-state index in [9.17, 15) is 13.2 Å². The van der Waals surface area contributed by atoms with Gasteiger partial charge in [-0.15, -0.1) is 0 Å². The lowest BCUT2D eigenvalue weighted by atomic mass is 10.1. The number of nitrogen functional groups attached to an aromatic ring is 1. The maximum atomic E-state index is 12.7. The molecule has 0 unspecified atom stereocenters. The molecular weight excluding hydrogens is 267 g/mol. The van der Waals surface area contributed by atoms with Gasteiger partial charge in [0, 0.05) is 11.8 Å². The molecule has 2 heterocycles. The Labute approximate surface area is 112 Å². The molecule has 0 amide bonds. The highest BCUT2D eigenvalue weighted by atomic mass is 19.4. The van der Waals surface area contributed by atoms with Crippen molar-refractivity contribution in [2.45, 2.75) is 6.18 Å². The van der Waals surface area contributed by atoms with Gasteiger partial charge in [-0.05, 0) is 12.1 Å². The fourth-order valence-corrected chi connectivity index (χ4v) is 2.04. The maximum absolute atomic E-state index is 12.7. The van der Waals surface area contributed by atoms with E-state index >= 15 is 0 Å². The van der Waals surface area contributed by atoms with Crippen molar-refractivity contribution in [1.82, 2.24) is 9.38 Å². The van der Waals surface area contributed by atoms with Crippen LogP contribution in [0.2, 0.25) is 0 Å². The van der Waals surface area contributed by atoms with Crippen LogP contribution in [0.25, 0.3) is 16.9 Å². The number of hydrogen-bond acceptors (Lipinski definition) is 2. The van der Waals surface area contributed by atoms with Crippen molar-refractivity contribution in [2.24, 2.45) is 0 Å². The molecule has 0 aliphatic carbocycles. The number of halogens is 3. The number of nitrogens with two attached hydrogens (primary N) is 1. The number of imidazole rings is 1. The highest BCUT2D eigenvalue weighted by molar-refractivity contribution is 5.74. The van der Waals surface area contributed by atoms with Crippen LogP contribution in [0.1, 0.15) is 5.56 Å². The van der Waals surface area contributed by atoms with Crippen molar-refractivity contribution in [2.75, 3.05) is 5.73 Å². The normalized spacial score (nSPS) is 11.9. The van der Waals surface area contributed by atoms with Gasteiger partial charge in [-0.2, -0.15) is 13.2 Å². The second-order valence-electron chi connectivity index (χ2n) is 4.36. The van der Waals surface area contributed by atoms with Gasteiger partial charge in [0.05, 0.1) is 5.56 Å². The molecule has 0 saturated heterocycles. The summed E-state index contributed by atoms with van der Waals surface area (Å²) in [5, 5.41) is 0. The van der Waals surface area contributed by atoms with Crippen molar-refractivity contribution < 1.29 is 13.2 Å².